The summed E-state index contributed by atoms with van der Waals surface area (Å²) in [4.78, 5) is 33.8. The summed E-state index contributed by atoms with van der Waals surface area (Å²) in [5.41, 5.74) is -0.620. The highest BCUT2D eigenvalue weighted by molar-refractivity contribution is 5.85. The number of rotatable bonds is 5. The Kier molecular flexibility index (Phi) is 6.89. The van der Waals surface area contributed by atoms with Gasteiger partial charge in [-0.05, 0) is 27.7 Å². The molecule has 19 heavy (non-hydrogen) atoms. The van der Waals surface area contributed by atoms with Crippen LogP contribution in [0.1, 0.15) is 34.1 Å². The van der Waals surface area contributed by atoms with Crippen molar-refractivity contribution in [2.24, 2.45) is 0 Å². The molecule has 0 bridgehead atoms. The maximum atomic E-state index is 11.6. The fraction of sp³-hybridized carbons (Fsp3) is 0.750. The highest BCUT2D eigenvalue weighted by Gasteiger charge is 2.20. The Morgan fingerprint density at radius 1 is 1.21 bits per heavy atom. The number of esters is 1. The molecule has 0 saturated carbocycles. The fourth-order valence-electron chi connectivity index (χ4n) is 1.09. The molecule has 7 nitrogen and oxygen atoms in total. The van der Waals surface area contributed by atoms with Gasteiger partial charge >= 0.3 is 12.1 Å². The molecule has 0 aliphatic heterocycles. The van der Waals surface area contributed by atoms with Gasteiger partial charge in [0.2, 0.25) is 5.91 Å². The van der Waals surface area contributed by atoms with E-state index in [0.29, 0.717) is 0 Å². The molecule has 2 N–H and O–H groups in total. The molecule has 0 spiro atoms. The molecule has 0 radical (unpaired) electrons. The van der Waals surface area contributed by atoms with Crippen LogP contribution in [0.4, 0.5) is 4.79 Å². The molecule has 7 heteroatoms. The summed E-state index contributed by atoms with van der Waals surface area (Å²) in [6.07, 6.45) is -0.579. The maximum absolute atomic E-state index is 11.6. The Morgan fingerprint density at radius 3 is 2.26 bits per heavy atom. The lowest BCUT2D eigenvalue weighted by molar-refractivity contribution is -0.140. The molecule has 1 atom stereocenters. The van der Waals surface area contributed by atoms with Gasteiger partial charge in [-0.15, -0.1) is 0 Å². The summed E-state index contributed by atoms with van der Waals surface area (Å²) in [5.74, 6) is -0.803. The van der Waals surface area contributed by atoms with Crippen molar-refractivity contribution in [2.45, 2.75) is 45.8 Å². The topological polar surface area (TPSA) is 93.7 Å². The van der Waals surface area contributed by atoms with E-state index in [2.05, 4.69) is 15.4 Å². The Hall–Kier alpha value is -1.79. The van der Waals surface area contributed by atoms with Crippen LogP contribution in [0, 0.1) is 0 Å². The first-order valence-corrected chi connectivity index (χ1v) is 5.99. The van der Waals surface area contributed by atoms with E-state index in [1.54, 1.807) is 20.8 Å². The lowest BCUT2D eigenvalue weighted by atomic mass is 10.2. The summed E-state index contributed by atoms with van der Waals surface area (Å²) in [6, 6.07) is -0.743. The van der Waals surface area contributed by atoms with E-state index in [-0.39, 0.29) is 13.0 Å². The van der Waals surface area contributed by atoms with Crippen LogP contribution < -0.4 is 10.6 Å². The molecule has 110 valence electrons. The second kappa shape index (κ2) is 7.60. The summed E-state index contributed by atoms with van der Waals surface area (Å²) in [7, 11) is 1.27. The van der Waals surface area contributed by atoms with Crippen LogP contribution in [-0.2, 0) is 19.1 Å². The van der Waals surface area contributed by atoms with Gasteiger partial charge in [0.1, 0.15) is 11.6 Å². The Labute approximate surface area is 113 Å². The number of carbonyl (C=O) groups excluding carboxylic acids is 3. The highest BCUT2D eigenvalue weighted by Crippen LogP contribution is 2.06. The molecule has 0 unspecified atom stereocenters. The van der Waals surface area contributed by atoms with E-state index in [0.717, 1.165) is 0 Å². The van der Waals surface area contributed by atoms with Crippen LogP contribution in [0.15, 0.2) is 0 Å². The lowest BCUT2D eigenvalue weighted by Crippen LogP contribution is -2.46. The number of methoxy groups -OCH3 is 1. The molecule has 2 amide bonds. The molecule has 0 heterocycles. The minimum atomic E-state index is -0.743. The van der Waals surface area contributed by atoms with Gasteiger partial charge in [-0.1, -0.05) is 0 Å². The van der Waals surface area contributed by atoms with Crippen molar-refractivity contribution in [2.75, 3.05) is 13.7 Å². The van der Waals surface area contributed by atoms with Crippen molar-refractivity contribution in [1.82, 2.24) is 10.6 Å². The van der Waals surface area contributed by atoms with E-state index in [4.69, 9.17) is 4.74 Å². The normalized spacial score (nSPS) is 12.3. The van der Waals surface area contributed by atoms with Crippen molar-refractivity contribution in [3.8, 4) is 0 Å². The van der Waals surface area contributed by atoms with Gasteiger partial charge < -0.3 is 20.1 Å². The quantitative estimate of drug-likeness (QED) is 0.715. The highest BCUT2D eigenvalue weighted by atomic mass is 16.6. The van der Waals surface area contributed by atoms with Gasteiger partial charge in [0, 0.05) is 6.54 Å². The average Bonchev–Trinajstić information content (AvgIpc) is 2.25. The average molecular weight is 274 g/mol. The third-order valence-electron chi connectivity index (χ3n) is 1.98. The maximum Gasteiger partial charge on any atom is 0.408 e. The number of amides is 2. The van der Waals surface area contributed by atoms with E-state index in [1.165, 1.54) is 14.0 Å². The number of nitrogens with one attached hydrogen (secondary N) is 2. The van der Waals surface area contributed by atoms with Gasteiger partial charge in [0.05, 0.1) is 13.5 Å². The molecule has 0 aromatic carbocycles. The molecule has 0 rings (SSSR count). The van der Waals surface area contributed by atoms with Gasteiger partial charge in [0.15, 0.2) is 0 Å². The molecule has 0 aliphatic carbocycles. The third-order valence-corrected chi connectivity index (χ3v) is 1.98. The van der Waals surface area contributed by atoms with Crippen molar-refractivity contribution in [1.29, 1.82) is 0 Å². The van der Waals surface area contributed by atoms with Gasteiger partial charge in [-0.3, -0.25) is 9.59 Å². The predicted octanol–water partition coefficient (Wildman–Crippen LogP) is 0.579. The summed E-state index contributed by atoms with van der Waals surface area (Å²) < 4.78 is 9.45. The van der Waals surface area contributed by atoms with Crippen LogP contribution in [0.5, 0.6) is 0 Å². The van der Waals surface area contributed by atoms with Gasteiger partial charge in [0.25, 0.3) is 0 Å². The van der Waals surface area contributed by atoms with E-state index in [1.807, 2.05) is 0 Å². The zero-order valence-corrected chi connectivity index (χ0v) is 12.0. The van der Waals surface area contributed by atoms with Crippen molar-refractivity contribution in [3.63, 3.8) is 0 Å². The van der Waals surface area contributed by atoms with Gasteiger partial charge in [-0.25, -0.2) is 4.79 Å². The third kappa shape index (κ3) is 8.87. The van der Waals surface area contributed by atoms with E-state index < -0.39 is 29.6 Å². The summed E-state index contributed by atoms with van der Waals surface area (Å²) >= 11 is 0. The Bertz CT molecular complexity index is 336. The number of carbonyl (C=O) groups is 3. The number of ether oxygens (including phenoxy) is 2. The van der Waals surface area contributed by atoms with Gasteiger partial charge in [-0.2, -0.15) is 0 Å². The zero-order chi connectivity index (χ0) is 15.1. The van der Waals surface area contributed by atoms with Crippen LogP contribution in [0.25, 0.3) is 0 Å². The smallest absolute Gasteiger partial charge is 0.408 e. The Morgan fingerprint density at radius 2 is 1.79 bits per heavy atom. The van der Waals surface area contributed by atoms with Crippen LogP contribution in [-0.4, -0.2) is 43.3 Å². The number of hydrogen-bond acceptors (Lipinski definition) is 5. The zero-order valence-electron chi connectivity index (χ0n) is 12.0. The summed E-state index contributed by atoms with van der Waals surface area (Å²) in [5, 5.41) is 4.90. The number of alkyl carbamates (subject to hydrolysis) is 1. The number of hydrogen-bond donors (Lipinski definition) is 2. The van der Waals surface area contributed by atoms with Crippen LogP contribution in [0.3, 0.4) is 0 Å². The predicted molar refractivity (Wildman–Crippen MR) is 68.5 cm³/mol. The summed E-state index contributed by atoms with van der Waals surface area (Å²) in [6.45, 7) is 6.87. The SMILES string of the molecule is COC(=O)CCNC(=O)[C@H](C)NC(=O)OC(C)(C)C. The second-order valence-electron chi connectivity index (χ2n) is 4.99. The molecule has 0 aliphatic rings. The van der Waals surface area contributed by atoms with Crippen molar-refractivity contribution in [3.05, 3.63) is 0 Å². The van der Waals surface area contributed by atoms with Crippen LogP contribution in [0.2, 0.25) is 0 Å². The fourth-order valence-corrected chi connectivity index (χ4v) is 1.09. The van der Waals surface area contributed by atoms with Crippen molar-refractivity contribution >= 4 is 18.0 Å². The minimum absolute atomic E-state index is 0.0847. The van der Waals surface area contributed by atoms with E-state index in [9.17, 15) is 14.4 Å². The molecule has 0 fully saturated rings. The molecule has 0 saturated heterocycles. The molecular formula is C12H22N2O5. The standard InChI is InChI=1S/C12H22N2O5/c1-8(14-11(17)19-12(2,3)4)10(16)13-7-6-9(15)18-5/h8H,6-7H2,1-5H3,(H,13,16)(H,14,17)/t8-/m0/s1. The minimum Gasteiger partial charge on any atom is -0.469 e. The van der Waals surface area contributed by atoms with Crippen molar-refractivity contribution < 1.29 is 23.9 Å². The Balaban J connectivity index is 4.00. The van der Waals surface area contributed by atoms with E-state index >= 15 is 0 Å². The first kappa shape index (κ1) is 17.2. The first-order chi connectivity index (χ1) is 8.65. The first-order valence-electron chi connectivity index (χ1n) is 5.99. The molecule has 0 aromatic heterocycles. The second-order valence-corrected chi connectivity index (χ2v) is 4.99. The lowest BCUT2D eigenvalue weighted by Gasteiger charge is -2.21. The monoisotopic (exact) mass is 274 g/mol. The molecule has 0 aromatic rings. The molecular weight excluding hydrogens is 252 g/mol. The largest absolute Gasteiger partial charge is 0.469 e. The van der Waals surface area contributed by atoms with Crippen LogP contribution >= 0.6 is 0 Å².